The normalized spacial score (nSPS) is 27.0. The molecule has 3 fully saturated rings. The van der Waals surface area contributed by atoms with E-state index in [1.165, 1.54) is 43.2 Å². The van der Waals surface area contributed by atoms with E-state index in [4.69, 9.17) is 14.2 Å². The third kappa shape index (κ3) is 3.96. The minimum atomic E-state index is -0.311. The number of carbonyl (C=O) groups excluding carboxylic acids is 1. The zero-order valence-corrected chi connectivity index (χ0v) is 16.7. The summed E-state index contributed by atoms with van der Waals surface area (Å²) in [5.74, 6) is 0.409. The van der Waals surface area contributed by atoms with Gasteiger partial charge in [0, 0.05) is 6.61 Å². The first-order chi connectivity index (χ1) is 14.3. The molecule has 1 saturated carbocycles. The number of hydrogen-bond acceptors (Lipinski definition) is 4. The monoisotopic (exact) mass is 392 g/mol. The van der Waals surface area contributed by atoms with Gasteiger partial charge in [-0.25, -0.2) is 4.79 Å². The molecule has 5 rings (SSSR count). The first-order valence-electron chi connectivity index (χ1n) is 10.9. The molecular formula is C25H28O4. The minimum Gasteiger partial charge on any atom is -0.453 e. The predicted octanol–water partition coefficient (Wildman–Crippen LogP) is 5.11. The summed E-state index contributed by atoms with van der Waals surface area (Å²) >= 11 is 0. The second-order valence-electron chi connectivity index (χ2n) is 8.47. The summed E-state index contributed by atoms with van der Waals surface area (Å²) in [7, 11) is 0. The van der Waals surface area contributed by atoms with Crippen molar-refractivity contribution < 1.29 is 19.0 Å². The van der Waals surface area contributed by atoms with E-state index in [2.05, 4.69) is 24.3 Å². The number of fused-ring (bicyclic) bond motifs is 1. The second kappa shape index (κ2) is 8.29. The topological polar surface area (TPSA) is 44.8 Å². The molecule has 0 bridgehead atoms. The van der Waals surface area contributed by atoms with E-state index in [0.29, 0.717) is 18.8 Å². The zero-order valence-electron chi connectivity index (χ0n) is 16.7. The van der Waals surface area contributed by atoms with E-state index in [1.54, 1.807) is 0 Å². The third-order valence-electron chi connectivity index (χ3n) is 6.62. The van der Waals surface area contributed by atoms with Gasteiger partial charge in [0.2, 0.25) is 0 Å². The van der Waals surface area contributed by atoms with Gasteiger partial charge in [-0.2, -0.15) is 0 Å². The molecule has 152 valence electrons. The molecule has 1 aliphatic carbocycles. The van der Waals surface area contributed by atoms with Crippen LogP contribution in [0.25, 0.3) is 11.1 Å². The van der Waals surface area contributed by atoms with Gasteiger partial charge < -0.3 is 14.2 Å². The lowest BCUT2D eigenvalue weighted by atomic mass is 9.84. The van der Waals surface area contributed by atoms with Crippen LogP contribution in [0.15, 0.2) is 48.5 Å². The Hall–Kier alpha value is -2.17. The summed E-state index contributed by atoms with van der Waals surface area (Å²) in [5.41, 5.74) is 4.31. The van der Waals surface area contributed by atoms with E-state index in [0.717, 1.165) is 17.9 Å². The number of benzene rings is 2. The third-order valence-corrected chi connectivity index (χ3v) is 6.62. The second-order valence-corrected chi connectivity index (χ2v) is 8.47. The molecule has 2 heterocycles. The van der Waals surface area contributed by atoms with Gasteiger partial charge in [0.15, 0.2) is 6.10 Å². The van der Waals surface area contributed by atoms with Gasteiger partial charge in [0.25, 0.3) is 0 Å². The highest BCUT2D eigenvalue weighted by molar-refractivity contribution is 5.90. The molecule has 2 aliphatic heterocycles. The van der Waals surface area contributed by atoms with Crippen LogP contribution in [0, 0.1) is 0 Å². The van der Waals surface area contributed by atoms with Crippen molar-refractivity contribution in [3.05, 3.63) is 59.7 Å². The molecule has 2 aromatic carbocycles. The van der Waals surface area contributed by atoms with Crippen molar-refractivity contribution in [3.63, 3.8) is 0 Å². The predicted molar refractivity (Wildman–Crippen MR) is 111 cm³/mol. The molecule has 2 saturated heterocycles. The van der Waals surface area contributed by atoms with Crippen LogP contribution in [0.4, 0.5) is 0 Å². The number of ether oxygens (including phenoxy) is 3. The van der Waals surface area contributed by atoms with Crippen LogP contribution in [0.3, 0.4) is 0 Å². The highest BCUT2D eigenvalue weighted by atomic mass is 16.6. The fraction of sp³-hybridized carbons (Fsp3) is 0.480. The summed E-state index contributed by atoms with van der Waals surface area (Å²) in [6.07, 6.45) is 7.26. The van der Waals surface area contributed by atoms with Crippen LogP contribution in [0.2, 0.25) is 0 Å². The molecule has 0 radical (unpaired) electrons. The number of carbonyl (C=O) groups is 1. The molecule has 0 spiro atoms. The van der Waals surface area contributed by atoms with E-state index in [1.807, 2.05) is 24.3 Å². The van der Waals surface area contributed by atoms with Crippen LogP contribution < -0.4 is 0 Å². The van der Waals surface area contributed by atoms with Gasteiger partial charge in [-0.3, -0.25) is 0 Å². The fourth-order valence-corrected chi connectivity index (χ4v) is 4.92. The molecule has 1 unspecified atom stereocenters. The highest BCUT2D eigenvalue weighted by Crippen LogP contribution is 2.34. The Morgan fingerprint density at radius 2 is 1.52 bits per heavy atom. The van der Waals surface area contributed by atoms with Gasteiger partial charge in [0.05, 0.1) is 18.3 Å². The van der Waals surface area contributed by atoms with E-state index < -0.39 is 0 Å². The highest BCUT2D eigenvalue weighted by Gasteiger charge is 2.44. The van der Waals surface area contributed by atoms with Crippen LogP contribution in [0.5, 0.6) is 0 Å². The van der Waals surface area contributed by atoms with Crippen LogP contribution >= 0.6 is 0 Å². The Labute approximate surface area is 172 Å². The average Bonchev–Trinajstić information content (AvgIpc) is 3.40. The van der Waals surface area contributed by atoms with E-state index >= 15 is 0 Å². The van der Waals surface area contributed by atoms with Gasteiger partial charge >= 0.3 is 5.97 Å². The standard InChI is InChI=1S/C25H28O4/c26-25(29-23-16-28-22-14-15-27-24(22)23)21-12-10-20(11-13-21)19-8-6-18(7-9-19)17-4-2-1-3-5-17/h6-13,17,22-24H,1-5,14-16H2/t22-,23?,24+/m1/s1. The summed E-state index contributed by atoms with van der Waals surface area (Å²) < 4.78 is 17.0. The lowest BCUT2D eigenvalue weighted by molar-refractivity contribution is -0.0148. The SMILES string of the molecule is O=C(OC1CO[C@@H]2CCO[C@H]12)c1ccc(-c2ccc(C3CCCCC3)cc2)cc1. The molecule has 3 aliphatic rings. The van der Waals surface area contributed by atoms with Crippen LogP contribution in [0.1, 0.15) is 60.4 Å². The molecule has 3 atom stereocenters. The number of rotatable bonds is 4. The molecule has 0 N–H and O–H groups in total. The summed E-state index contributed by atoms with van der Waals surface area (Å²) in [4.78, 5) is 12.5. The lowest BCUT2D eigenvalue weighted by Crippen LogP contribution is -2.32. The van der Waals surface area contributed by atoms with Crippen molar-refractivity contribution >= 4 is 5.97 Å². The Bertz CT molecular complexity index is 836. The molecular weight excluding hydrogens is 364 g/mol. The maximum absolute atomic E-state index is 12.5. The quantitative estimate of drug-likeness (QED) is 0.678. The Balaban J connectivity index is 1.23. The largest absolute Gasteiger partial charge is 0.453 e. The summed E-state index contributed by atoms with van der Waals surface area (Å²) in [5, 5.41) is 0. The lowest BCUT2D eigenvalue weighted by Gasteiger charge is -2.22. The van der Waals surface area contributed by atoms with Crippen molar-refractivity contribution in [1.29, 1.82) is 0 Å². The molecule has 0 aromatic heterocycles. The Morgan fingerprint density at radius 1 is 0.828 bits per heavy atom. The van der Waals surface area contributed by atoms with Crippen molar-refractivity contribution in [2.45, 2.75) is 62.8 Å². The molecule has 2 aromatic rings. The van der Waals surface area contributed by atoms with Gasteiger partial charge in [-0.05, 0) is 54.0 Å². The summed E-state index contributed by atoms with van der Waals surface area (Å²) in [6.45, 7) is 1.10. The zero-order chi connectivity index (χ0) is 19.6. The van der Waals surface area contributed by atoms with Crippen molar-refractivity contribution in [2.24, 2.45) is 0 Å². The van der Waals surface area contributed by atoms with Gasteiger partial charge in [-0.15, -0.1) is 0 Å². The van der Waals surface area contributed by atoms with Gasteiger partial charge in [-0.1, -0.05) is 55.7 Å². The van der Waals surface area contributed by atoms with Crippen molar-refractivity contribution in [1.82, 2.24) is 0 Å². The minimum absolute atomic E-state index is 0.0757. The van der Waals surface area contributed by atoms with Crippen LogP contribution in [-0.2, 0) is 14.2 Å². The fourth-order valence-electron chi connectivity index (χ4n) is 4.92. The van der Waals surface area contributed by atoms with Gasteiger partial charge in [0.1, 0.15) is 6.10 Å². The Morgan fingerprint density at radius 3 is 2.24 bits per heavy atom. The van der Waals surface area contributed by atoms with Crippen LogP contribution in [-0.4, -0.2) is 37.5 Å². The first-order valence-corrected chi connectivity index (χ1v) is 10.9. The van der Waals surface area contributed by atoms with E-state index in [9.17, 15) is 4.79 Å². The average molecular weight is 392 g/mol. The molecule has 4 heteroatoms. The number of esters is 1. The maximum atomic E-state index is 12.5. The first kappa shape index (κ1) is 18.8. The van der Waals surface area contributed by atoms with E-state index in [-0.39, 0.29) is 24.3 Å². The van der Waals surface area contributed by atoms with Crippen molar-refractivity contribution in [2.75, 3.05) is 13.2 Å². The molecule has 29 heavy (non-hydrogen) atoms. The molecule has 4 nitrogen and oxygen atoms in total. The summed E-state index contributed by atoms with van der Waals surface area (Å²) in [6, 6.07) is 16.6. The Kier molecular flexibility index (Phi) is 5.38. The maximum Gasteiger partial charge on any atom is 0.338 e. The molecule has 0 amide bonds. The van der Waals surface area contributed by atoms with Crippen molar-refractivity contribution in [3.8, 4) is 11.1 Å². The number of hydrogen-bond donors (Lipinski definition) is 0. The smallest absolute Gasteiger partial charge is 0.338 e.